The number of benzene rings is 2. The van der Waals surface area contributed by atoms with Crippen molar-refractivity contribution in [1.82, 2.24) is 0 Å². The van der Waals surface area contributed by atoms with Gasteiger partial charge in [0, 0.05) is 0 Å². The molecule has 10 rings (SSSR count). The molecular weight excluding hydrogens is 384 g/mol. The Morgan fingerprint density at radius 1 is 0.375 bits per heavy atom. The normalized spacial score (nSPS) is 53.2. The highest BCUT2D eigenvalue weighted by Crippen LogP contribution is 2.94. The maximum Gasteiger partial charge on any atom is -0.0244 e. The summed E-state index contributed by atoms with van der Waals surface area (Å²) in [4.78, 5) is 0. The fourth-order valence-electron chi connectivity index (χ4n) is 13.4. The lowest BCUT2D eigenvalue weighted by atomic mass is 9.80. The molecule has 8 saturated carbocycles. The first kappa shape index (κ1) is 17.9. The summed E-state index contributed by atoms with van der Waals surface area (Å²) >= 11 is 0. The molecule has 0 aromatic heterocycles. The highest BCUT2D eigenvalue weighted by atomic mass is 15.0. The van der Waals surface area contributed by atoms with Gasteiger partial charge in [-0.15, -0.1) is 0 Å². The molecule has 4 bridgehead atoms. The van der Waals surface area contributed by atoms with Gasteiger partial charge in [-0.2, -0.15) is 0 Å². The Morgan fingerprint density at radius 2 is 0.625 bits per heavy atom. The first-order chi connectivity index (χ1) is 15.5. The van der Waals surface area contributed by atoms with E-state index in [4.69, 9.17) is 0 Å². The Labute approximate surface area is 193 Å². The van der Waals surface area contributed by atoms with E-state index < -0.39 is 0 Å². The monoisotopic (exact) mass is 420 g/mol. The van der Waals surface area contributed by atoms with E-state index in [0.29, 0.717) is 0 Å². The summed E-state index contributed by atoms with van der Waals surface area (Å²) in [5.41, 5.74) is 9.19. The van der Waals surface area contributed by atoms with Gasteiger partial charge in [0.05, 0.1) is 0 Å². The van der Waals surface area contributed by atoms with Crippen LogP contribution in [0.4, 0.5) is 0 Å². The van der Waals surface area contributed by atoms with Crippen LogP contribution in [0.15, 0.2) is 36.4 Å². The van der Waals surface area contributed by atoms with E-state index in [1.54, 1.807) is 11.1 Å². The van der Waals surface area contributed by atoms with Crippen LogP contribution in [0.5, 0.6) is 0 Å². The summed E-state index contributed by atoms with van der Waals surface area (Å²) in [6.45, 7) is 9.17. The Kier molecular flexibility index (Phi) is 3.01. The molecule has 0 N–H and O–H groups in total. The summed E-state index contributed by atoms with van der Waals surface area (Å²) < 4.78 is 0. The van der Waals surface area contributed by atoms with Crippen molar-refractivity contribution in [2.24, 2.45) is 82.9 Å². The van der Waals surface area contributed by atoms with Crippen LogP contribution in [0.3, 0.4) is 0 Å². The van der Waals surface area contributed by atoms with E-state index in [1.807, 2.05) is 0 Å². The van der Waals surface area contributed by atoms with Crippen LogP contribution < -0.4 is 0 Å². The van der Waals surface area contributed by atoms with E-state index in [1.165, 1.54) is 35.1 Å². The third-order valence-electron chi connectivity index (χ3n) is 12.6. The zero-order chi connectivity index (χ0) is 21.2. The number of hydrogen-bond acceptors (Lipinski definition) is 0. The maximum atomic E-state index is 2.51. The molecule has 0 amide bonds. The average molecular weight is 421 g/mol. The molecule has 0 radical (unpaired) electrons. The fraction of sp³-hybridized carbons (Fsp3) is 0.625. The SMILES string of the molecule is Cc1cc(C)cc(CC2C3C4C5C2C2C3C3C6C(Cc7cc(C)cc(C)c7)C(C43)C5C62)c1. The molecule has 8 fully saturated rings. The molecule has 0 spiro atoms. The van der Waals surface area contributed by atoms with E-state index in [2.05, 4.69) is 64.1 Å². The topological polar surface area (TPSA) is 0 Å². The smallest absolute Gasteiger partial charge is 0.0244 e. The first-order valence-corrected chi connectivity index (χ1v) is 13.7. The Morgan fingerprint density at radius 3 is 0.875 bits per heavy atom. The molecule has 164 valence electrons. The van der Waals surface area contributed by atoms with Crippen LogP contribution in [0.25, 0.3) is 0 Å². The molecule has 0 atom stereocenters. The number of rotatable bonds is 4. The molecule has 2 aromatic carbocycles. The van der Waals surface area contributed by atoms with Crippen molar-refractivity contribution in [3.05, 3.63) is 69.8 Å². The number of hydrogen-bond donors (Lipinski definition) is 0. The van der Waals surface area contributed by atoms with Crippen LogP contribution in [0.2, 0.25) is 0 Å². The van der Waals surface area contributed by atoms with Gasteiger partial charge in [0.1, 0.15) is 0 Å². The summed E-state index contributed by atoms with van der Waals surface area (Å²) in [7, 11) is 0. The quantitative estimate of drug-likeness (QED) is 0.535. The van der Waals surface area contributed by atoms with Crippen molar-refractivity contribution in [3.63, 3.8) is 0 Å². The second-order valence-corrected chi connectivity index (χ2v) is 13.7. The van der Waals surface area contributed by atoms with Gasteiger partial charge in [0.25, 0.3) is 0 Å². The van der Waals surface area contributed by atoms with E-state index in [-0.39, 0.29) is 0 Å². The largest absolute Gasteiger partial charge is 0.0564 e. The number of aryl methyl sites for hydroxylation is 4. The summed E-state index contributed by atoms with van der Waals surface area (Å²) in [5.74, 6) is 15.8. The Balaban J connectivity index is 1.06. The summed E-state index contributed by atoms with van der Waals surface area (Å²) in [6, 6.07) is 14.7. The maximum absolute atomic E-state index is 2.51. The van der Waals surface area contributed by atoms with E-state index in [0.717, 1.165) is 82.9 Å². The van der Waals surface area contributed by atoms with Crippen molar-refractivity contribution < 1.29 is 0 Å². The van der Waals surface area contributed by atoms with Crippen molar-refractivity contribution >= 4 is 0 Å². The summed E-state index contributed by atoms with van der Waals surface area (Å²) in [6.07, 6.45) is 2.80. The van der Waals surface area contributed by atoms with Gasteiger partial charge >= 0.3 is 0 Å². The highest BCUT2D eigenvalue weighted by Gasteiger charge is 2.91. The molecule has 0 unspecified atom stereocenters. The Hall–Kier alpha value is -1.56. The standard InChI is InChI=1S/C32H36/c1-13-5-14(2)8-17(7-13)11-19-21-25-27-22(19)28-26(21)30-24-20(23(29(25)30)31(27)32(24)28)12-18-9-15(3)6-16(4)10-18/h5-10,19-32H,11-12H2,1-4H3. The second kappa shape index (κ2) is 5.39. The predicted octanol–water partition coefficient (Wildman–Crippen LogP) is 6.43. The lowest BCUT2D eigenvalue weighted by molar-refractivity contribution is 0.220. The lowest BCUT2D eigenvalue weighted by Gasteiger charge is -2.24. The molecule has 2 aromatic rings. The fourth-order valence-corrected chi connectivity index (χ4v) is 13.4. The minimum Gasteiger partial charge on any atom is -0.0564 e. The zero-order valence-electron chi connectivity index (χ0n) is 20.0. The van der Waals surface area contributed by atoms with Crippen LogP contribution >= 0.6 is 0 Å². The predicted molar refractivity (Wildman–Crippen MR) is 128 cm³/mol. The highest BCUT2D eigenvalue weighted by molar-refractivity contribution is 5.41. The molecule has 0 aliphatic heterocycles. The third-order valence-corrected chi connectivity index (χ3v) is 12.6. The molecule has 0 heteroatoms. The molecule has 8 aliphatic rings. The van der Waals surface area contributed by atoms with Crippen molar-refractivity contribution in [2.75, 3.05) is 0 Å². The van der Waals surface area contributed by atoms with Crippen molar-refractivity contribution in [2.45, 2.75) is 40.5 Å². The van der Waals surface area contributed by atoms with Gasteiger partial charge in [0.2, 0.25) is 0 Å². The molecule has 0 heterocycles. The van der Waals surface area contributed by atoms with E-state index in [9.17, 15) is 0 Å². The van der Waals surface area contributed by atoms with Gasteiger partial charge < -0.3 is 0 Å². The van der Waals surface area contributed by atoms with Crippen LogP contribution in [0.1, 0.15) is 33.4 Å². The van der Waals surface area contributed by atoms with Gasteiger partial charge in [-0.25, -0.2) is 0 Å². The molecule has 0 saturated heterocycles. The van der Waals surface area contributed by atoms with Crippen LogP contribution in [-0.2, 0) is 12.8 Å². The Bertz CT molecular complexity index is 967. The van der Waals surface area contributed by atoms with E-state index >= 15 is 0 Å². The minimum absolute atomic E-state index is 1.04. The summed E-state index contributed by atoms with van der Waals surface area (Å²) in [5, 5.41) is 0. The second-order valence-electron chi connectivity index (χ2n) is 13.7. The minimum atomic E-state index is 1.04. The average Bonchev–Trinajstić information content (AvgIpc) is 3.46. The first-order valence-electron chi connectivity index (χ1n) is 13.7. The van der Waals surface area contributed by atoms with Crippen molar-refractivity contribution in [3.8, 4) is 0 Å². The molecule has 0 nitrogen and oxygen atoms in total. The zero-order valence-corrected chi connectivity index (χ0v) is 20.0. The molecular formula is C32H36. The van der Waals surface area contributed by atoms with Gasteiger partial charge in [-0.1, -0.05) is 58.7 Å². The van der Waals surface area contributed by atoms with Crippen LogP contribution in [0, 0.1) is 111 Å². The van der Waals surface area contributed by atoms with Gasteiger partial charge in [-0.05, 0) is 135 Å². The molecule has 8 aliphatic carbocycles. The molecule has 32 heavy (non-hydrogen) atoms. The van der Waals surface area contributed by atoms with Gasteiger partial charge in [-0.3, -0.25) is 0 Å². The third kappa shape index (κ3) is 1.76. The lowest BCUT2D eigenvalue weighted by Crippen LogP contribution is -2.21. The van der Waals surface area contributed by atoms with Gasteiger partial charge in [0.15, 0.2) is 0 Å². The van der Waals surface area contributed by atoms with Crippen molar-refractivity contribution in [1.29, 1.82) is 0 Å². The van der Waals surface area contributed by atoms with Crippen LogP contribution in [-0.4, -0.2) is 0 Å².